The Bertz CT molecular complexity index is 1980. The van der Waals surface area contributed by atoms with Gasteiger partial charge < -0.3 is 15.5 Å². The number of amides is 2. The number of nitrogens with zero attached hydrogens (tertiary/aromatic N) is 3. The Labute approximate surface area is 262 Å². The topological polar surface area (TPSA) is 123 Å². The van der Waals surface area contributed by atoms with E-state index in [1.54, 1.807) is 24.3 Å². The molecule has 3 heterocycles. The van der Waals surface area contributed by atoms with Crippen molar-refractivity contribution in [2.75, 3.05) is 30.9 Å². The predicted molar refractivity (Wildman–Crippen MR) is 171 cm³/mol. The highest BCUT2D eigenvalue weighted by Crippen LogP contribution is 2.39. The Morgan fingerprint density at radius 1 is 0.978 bits per heavy atom. The average molecular weight is 658 g/mol. The zero-order chi connectivity index (χ0) is 32.0. The lowest BCUT2D eigenvalue weighted by molar-refractivity contribution is 0.251. The maximum Gasteiger partial charge on any atom is 0.332 e. The number of carbonyl (C=O) groups excluding carboxylic acids is 1. The number of halogens is 2. The molecule has 1 aliphatic heterocycles. The van der Waals surface area contributed by atoms with E-state index in [1.165, 1.54) is 22.0 Å². The van der Waals surface area contributed by atoms with Crippen LogP contribution in [0.5, 0.6) is 0 Å². The first-order chi connectivity index (χ1) is 21.4. The van der Waals surface area contributed by atoms with Crippen molar-refractivity contribution in [2.24, 2.45) is 0 Å². The van der Waals surface area contributed by atoms with E-state index in [2.05, 4.69) is 10.6 Å². The van der Waals surface area contributed by atoms with E-state index in [4.69, 9.17) is 0 Å². The SMILES string of the molecule is CN(C)Cc1c(-c2ccc(NC(=O)NC3CC3)cc2)sc2c1c(=O)n(C1CCS(=O)(=O)CC1)c(=O)n2Cc1c(F)cccc1F. The number of fused-ring (bicyclic) bond motifs is 1. The number of carbonyl (C=O) groups is 1. The molecule has 2 fully saturated rings. The van der Waals surface area contributed by atoms with Crippen LogP contribution in [0, 0.1) is 11.6 Å². The van der Waals surface area contributed by atoms with Gasteiger partial charge in [0.1, 0.15) is 26.3 Å². The third kappa shape index (κ3) is 6.44. The van der Waals surface area contributed by atoms with Gasteiger partial charge in [-0.3, -0.25) is 13.9 Å². The molecule has 1 aliphatic carbocycles. The van der Waals surface area contributed by atoms with Gasteiger partial charge in [-0.25, -0.2) is 26.8 Å². The summed E-state index contributed by atoms with van der Waals surface area (Å²) in [6.07, 6.45) is 2.09. The minimum absolute atomic E-state index is 0.0832. The number of benzene rings is 2. The fourth-order valence-corrected chi connectivity index (χ4v) is 8.48. The Balaban J connectivity index is 1.53. The van der Waals surface area contributed by atoms with Crippen molar-refractivity contribution in [1.29, 1.82) is 0 Å². The van der Waals surface area contributed by atoms with E-state index in [-0.39, 0.29) is 52.2 Å². The lowest BCUT2D eigenvalue weighted by Gasteiger charge is -2.24. The van der Waals surface area contributed by atoms with Crippen molar-refractivity contribution >= 4 is 43.1 Å². The molecule has 2 N–H and O–H groups in total. The van der Waals surface area contributed by atoms with E-state index >= 15 is 0 Å². The smallest absolute Gasteiger partial charge is 0.332 e. The van der Waals surface area contributed by atoms with E-state index in [9.17, 15) is 31.6 Å². The first-order valence-corrected chi connectivity index (χ1v) is 17.3. The Kier molecular flexibility index (Phi) is 8.39. The van der Waals surface area contributed by atoms with Gasteiger partial charge in [0.15, 0.2) is 0 Å². The third-order valence-electron chi connectivity index (χ3n) is 8.16. The first kappa shape index (κ1) is 31.1. The van der Waals surface area contributed by atoms with Crippen molar-refractivity contribution in [3.8, 4) is 10.4 Å². The van der Waals surface area contributed by atoms with E-state index in [0.29, 0.717) is 22.7 Å². The zero-order valence-electron chi connectivity index (χ0n) is 24.8. The molecule has 1 saturated heterocycles. The fourth-order valence-electron chi connectivity index (χ4n) is 5.71. The standard InChI is InChI=1S/C31H33F2N5O5S2/c1-36(2)16-23-26-28(39)38(21-12-14-45(42,43)15-13-21)31(41)37(17-22-24(32)4-3-5-25(22)33)29(26)44-27(23)18-6-8-19(9-7-18)34-30(40)35-20-10-11-20/h3-9,20-21H,10-17H2,1-2H3,(H2,34,35,40). The van der Waals surface area contributed by atoms with Gasteiger partial charge in [0, 0.05) is 34.8 Å². The lowest BCUT2D eigenvalue weighted by atomic mass is 10.1. The second-order valence-corrected chi connectivity index (χ2v) is 15.2. The molecule has 238 valence electrons. The van der Waals surface area contributed by atoms with Gasteiger partial charge >= 0.3 is 11.7 Å². The largest absolute Gasteiger partial charge is 0.335 e. The highest BCUT2D eigenvalue weighted by atomic mass is 32.2. The normalized spacial score (nSPS) is 16.7. The molecule has 2 aliphatic rings. The number of thiophene rings is 1. The van der Waals surface area contributed by atoms with Crippen LogP contribution in [0.3, 0.4) is 0 Å². The third-order valence-corrected chi connectivity index (χ3v) is 11.2. The van der Waals surface area contributed by atoms with Crippen molar-refractivity contribution in [1.82, 2.24) is 19.4 Å². The number of aromatic nitrogens is 2. The van der Waals surface area contributed by atoms with Gasteiger partial charge in [0.05, 0.1) is 23.4 Å². The Morgan fingerprint density at radius 2 is 1.62 bits per heavy atom. The molecule has 10 nitrogen and oxygen atoms in total. The molecule has 6 rings (SSSR count). The van der Waals surface area contributed by atoms with Gasteiger partial charge in [-0.2, -0.15) is 0 Å². The summed E-state index contributed by atoms with van der Waals surface area (Å²) in [7, 11) is 0.392. The number of sulfone groups is 1. The van der Waals surface area contributed by atoms with Crippen molar-refractivity contribution < 1.29 is 22.0 Å². The molecule has 0 unspecified atom stereocenters. The molecule has 14 heteroatoms. The molecule has 45 heavy (non-hydrogen) atoms. The highest BCUT2D eigenvalue weighted by Gasteiger charge is 2.31. The predicted octanol–water partition coefficient (Wildman–Crippen LogP) is 4.31. The van der Waals surface area contributed by atoms with Crippen LogP contribution in [-0.2, 0) is 22.9 Å². The molecular weight excluding hydrogens is 625 g/mol. The lowest BCUT2D eigenvalue weighted by Crippen LogP contribution is -2.44. The molecule has 2 aromatic carbocycles. The summed E-state index contributed by atoms with van der Waals surface area (Å²) in [4.78, 5) is 43.4. The molecule has 4 aromatic rings. The number of urea groups is 1. The average Bonchev–Trinajstić information content (AvgIpc) is 3.71. The molecule has 0 spiro atoms. The summed E-state index contributed by atoms with van der Waals surface area (Å²) in [6.45, 7) is -0.140. The summed E-state index contributed by atoms with van der Waals surface area (Å²) in [6, 6.07) is 9.79. The number of hydrogen-bond acceptors (Lipinski definition) is 7. The van der Waals surface area contributed by atoms with Gasteiger partial charge in [-0.15, -0.1) is 11.3 Å². The summed E-state index contributed by atoms with van der Waals surface area (Å²) < 4.78 is 56.4. The van der Waals surface area contributed by atoms with E-state index in [0.717, 1.165) is 35.1 Å². The molecule has 0 bridgehead atoms. The van der Waals surface area contributed by atoms with Crippen molar-refractivity contribution in [3.05, 3.63) is 86.1 Å². The number of nitrogens with one attached hydrogen (secondary N) is 2. The fraction of sp³-hybridized carbons (Fsp3) is 0.387. The second-order valence-electron chi connectivity index (χ2n) is 11.9. The van der Waals surface area contributed by atoms with E-state index < -0.39 is 45.3 Å². The molecule has 2 aromatic heterocycles. The van der Waals surface area contributed by atoms with Crippen LogP contribution in [0.2, 0.25) is 0 Å². The quantitative estimate of drug-likeness (QED) is 0.291. The minimum atomic E-state index is -3.29. The molecule has 0 atom stereocenters. The van der Waals surface area contributed by atoms with Crippen LogP contribution in [0.15, 0.2) is 52.1 Å². The maximum atomic E-state index is 14.9. The summed E-state index contributed by atoms with van der Waals surface area (Å²) in [5.74, 6) is -1.98. The molecular formula is C31H33F2N5O5S2. The Morgan fingerprint density at radius 3 is 2.22 bits per heavy atom. The highest BCUT2D eigenvalue weighted by molar-refractivity contribution is 7.91. The van der Waals surface area contributed by atoms with Crippen LogP contribution in [0.25, 0.3) is 20.7 Å². The van der Waals surface area contributed by atoms with Gasteiger partial charge in [-0.05, 0) is 75.2 Å². The van der Waals surface area contributed by atoms with Crippen molar-refractivity contribution in [3.63, 3.8) is 0 Å². The Hall–Kier alpha value is -3.88. The van der Waals surface area contributed by atoms with Crippen molar-refractivity contribution in [2.45, 2.75) is 50.9 Å². The van der Waals surface area contributed by atoms with Crippen LogP contribution in [-0.4, -0.2) is 60.1 Å². The summed E-state index contributed by atoms with van der Waals surface area (Å²) in [5.41, 5.74) is 0.322. The van der Waals surface area contributed by atoms with Gasteiger partial charge in [0.25, 0.3) is 5.56 Å². The molecule has 2 amide bonds. The van der Waals surface area contributed by atoms with Gasteiger partial charge in [-0.1, -0.05) is 18.2 Å². The van der Waals surface area contributed by atoms with Gasteiger partial charge in [0.2, 0.25) is 0 Å². The van der Waals surface area contributed by atoms with Crippen LogP contribution >= 0.6 is 11.3 Å². The number of hydrogen-bond donors (Lipinski definition) is 2. The summed E-state index contributed by atoms with van der Waals surface area (Å²) >= 11 is 1.18. The maximum absolute atomic E-state index is 14.9. The van der Waals surface area contributed by atoms with E-state index in [1.807, 2.05) is 19.0 Å². The second kappa shape index (κ2) is 12.1. The monoisotopic (exact) mass is 657 g/mol. The van der Waals surface area contributed by atoms with Crippen LogP contribution in [0.4, 0.5) is 19.3 Å². The van der Waals surface area contributed by atoms with Crippen LogP contribution in [0.1, 0.15) is 42.9 Å². The van der Waals surface area contributed by atoms with Crippen LogP contribution < -0.4 is 21.9 Å². The summed E-state index contributed by atoms with van der Waals surface area (Å²) in [5, 5.41) is 5.93. The zero-order valence-corrected chi connectivity index (χ0v) is 26.4. The molecule has 1 saturated carbocycles. The number of anilines is 1. The first-order valence-electron chi connectivity index (χ1n) is 14.7. The number of rotatable bonds is 8. The molecule has 0 radical (unpaired) electrons. The minimum Gasteiger partial charge on any atom is -0.335 e.